The summed E-state index contributed by atoms with van der Waals surface area (Å²) in [5, 5.41) is 12.5. The van der Waals surface area contributed by atoms with Gasteiger partial charge in [-0.1, -0.05) is 116 Å². The third-order valence-corrected chi connectivity index (χ3v) is 7.00. The second-order valence-electron chi connectivity index (χ2n) is 10.5. The van der Waals surface area contributed by atoms with Crippen LogP contribution in [0.1, 0.15) is 60.3 Å². The molecular weight excluding hydrogens is 554 g/mol. The molecular formula is C33H32BrNO4. The maximum Gasteiger partial charge on any atom is 0.305 e. The molecule has 200 valence electrons. The molecule has 4 aromatic carbocycles. The summed E-state index contributed by atoms with van der Waals surface area (Å²) in [6, 6.07) is 30.2. The molecule has 0 saturated carbocycles. The van der Waals surface area contributed by atoms with E-state index in [0.29, 0.717) is 23.5 Å². The van der Waals surface area contributed by atoms with E-state index in [1.54, 1.807) is 18.2 Å². The summed E-state index contributed by atoms with van der Waals surface area (Å²) in [5.41, 5.74) is 5.39. The number of carboxylic acid groups (broad SMARTS) is 1. The fraction of sp³-hybridized carbons (Fsp3) is 0.212. The maximum atomic E-state index is 13.4. The molecule has 1 atom stereocenters. The van der Waals surface area contributed by atoms with Gasteiger partial charge in [-0.3, -0.25) is 9.59 Å². The van der Waals surface area contributed by atoms with Crippen LogP contribution in [-0.4, -0.2) is 17.0 Å². The number of rotatable bonds is 9. The monoisotopic (exact) mass is 585 g/mol. The van der Waals surface area contributed by atoms with Gasteiger partial charge in [0.15, 0.2) is 0 Å². The third-order valence-electron chi connectivity index (χ3n) is 6.51. The van der Waals surface area contributed by atoms with Crippen molar-refractivity contribution < 1.29 is 19.4 Å². The Morgan fingerprint density at radius 2 is 1.51 bits per heavy atom. The summed E-state index contributed by atoms with van der Waals surface area (Å²) in [7, 11) is 0. The highest BCUT2D eigenvalue weighted by Gasteiger charge is 2.22. The van der Waals surface area contributed by atoms with E-state index >= 15 is 0 Å². The zero-order chi connectivity index (χ0) is 28.0. The summed E-state index contributed by atoms with van der Waals surface area (Å²) < 4.78 is 6.85. The molecule has 4 aromatic rings. The van der Waals surface area contributed by atoms with E-state index in [9.17, 15) is 14.7 Å². The Morgan fingerprint density at radius 3 is 2.13 bits per heavy atom. The van der Waals surface area contributed by atoms with Crippen LogP contribution < -0.4 is 10.1 Å². The number of hydrogen-bond acceptors (Lipinski definition) is 3. The number of carbonyl (C=O) groups excluding carboxylic acids is 1. The first-order valence-electron chi connectivity index (χ1n) is 12.8. The number of aliphatic carboxylic acids is 1. The van der Waals surface area contributed by atoms with Crippen LogP contribution in [0.25, 0.3) is 11.1 Å². The lowest BCUT2D eigenvalue weighted by Gasteiger charge is -2.20. The number of ether oxygens (including phenoxy) is 1. The predicted octanol–water partition coefficient (Wildman–Crippen LogP) is 7.94. The Bertz CT molecular complexity index is 1430. The van der Waals surface area contributed by atoms with Crippen LogP contribution in [0, 0.1) is 0 Å². The highest BCUT2D eigenvalue weighted by Crippen LogP contribution is 2.28. The van der Waals surface area contributed by atoms with Gasteiger partial charge in [-0.05, 0) is 51.4 Å². The van der Waals surface area contributed by atoms with Crippen LogP contribution >= 0.6 is 15.9 Å². The molecule has 6 heteroatoms. The average Bonchev–Trinajstić information content (AvgIpc) is 2.91. The Hall–Kier alpha value is -3.90. The van der Waals surface area contributed by atoms with Gasteiger partial charge in [0.1, 0.15) is 12.4 Å². The molecule has 5 nitrogen and oxygen atoms in total. The Balaban J connectivity index is 1.52. The molecule has 1 amide bonds. The van der Waals surface area contributed by atoms with Gasteiger partial charge in [0.2, 0.25) is 0 Å². The molecule has 1 unspecified atom stereocenters. The minimum Gasteiger partial charge on any atom is -0.488 e. The SMILES string of the molecule is CC(C)(C)c1ccc(COc2cc(Br)ccc2C(=O)NC(CC(=O)O)c2ccc(-c3ccccc3)cc2)cc1. The van der Waals surface area contributed by atoms with Crippen molar-refractivity contribution >= 4 is 27.8 Å². The minimum atomic E-state index is -1.00. The maximum absolute atomic E-state index is 13.4. The van der Waals surface area contributed by atoms with Crippen LogP contribution in [0.5, 0.6) is 5.75 Å². The first-order valence-corrected chi connectivity index (χ1v) is 13.6. The number of benzene rings is 4. The van der Waals surface area contributed by atoms with E-state index in [2.05, 4.69) is 54.2 Å². The number of amides is 1. The van der Waals surface area contributed by atoms with Crippen molar-refractivity contribution in [1.82, 2.24) is 5.32 Å². The molecule has 0 fully saturated rings. The van der Waals surface area contributed by atoms with E-state index in [4.69, 9.17) is 4.74 Å². The van der Waals surface area contributed by atoms with E-state index in [-0.39, 0.29) is 11.8 Å². The lowest BCUT2D eigenvalue weighted by Crippen LogP contribution is -2.30. The number of hydrogen-bond donors (Lipinski definition) is 2. The summed E-state index contributed by atoms with van der Waals surface area (Å²) >= 11 is 3.46. The highest BCUT2D eigenvalue weighted by atomic mass is 79.9. The number of carbonyl (C=O) groups is 2. The predicted molar refractivity (Wildman–Crippen MR) is 158 cm³/mol. The van der Waals surface area contributed by atoms with Gasteiger partial charge in [0.05, 0.1) is 18.0 Å². The Kier molecular flexibility index (Phi) is 8.87. The van der Waals surface area contributed by atoms with Crippen molar-refractivity contribution in [2.45, 2.75) is 45.3 Å². The molecule has 0 heterocycles. The fourth-order valence-electron chi connectivity index (χ4n) is 4.27. The standard InChI is InChI=1S/C33H32BrNO4/c1-33(2,3)26-15-9-22(10-16-26)21-39-30-19-27(34)17-18-28(30)32(38)35-29(20-31(36)37)25-13-11-24(12-14-25)23-7-5-4-6-8-23/h4-19,29H,20-21H2,1-3H3,(H,35,38)(H,36,37). The summed E-state index contributed by atoms with van der Waals surface area (Å²) in [6.45, 7) is 6.79. The summed E-state index contributed by atoms with van der Waals surface area (Å²) in [6.07, 6.45) is -0.247. The zero-order valence-corrected chi connectivity index (χ0v) is 23.9. The van der Waals surface area contributed by atoms with Crippen LogP contribution in [0.2, 0.25) is 0 Å². The van der Waals surface area contributed by atoms with Crippen molar-refractivity contribution in [3.8, 4) is 16.9 Å². The van der Waals surface area contributed by atoms with Crippen molar-refractivity contribution in [3.05, 3.63) is 124 Å². The van der Waals surface area contributed by atoms with Gasteiger partial charge in [-0.2, -0.15) is 0 Å². The molecule has 0 aliphatic carbocycles. The lowest BCUT2D eigenvalue weighted by molar-refractivity contribution is -0.137. The largest absolute Gasteiger partial charge is 0.488 e. The molecule has 39 heavy (non-hydrogen) atoms. The van der Waals surface area contributed by atoms with Gasteiger partial charge in [-0.25, -0.2) is 0 Å². The molecule has 4 rings (SSSR count). The van der Waals surface area contributed by atoms with Crippen LogP contribution in [-0.2, 0) is 16.8 Å². The van der Waals surface area contributed by atoms with Crippen molar-refractivity contribution in [1.29, 1.82) is 0 Å². The van der Waals surface area contributed by atoms with Crippen LogP contribution in [0.3, 0.4) is 0 Å². The second kappa shape index (κ2) is 12.3. The van der Waals surface area contributed by atoms with E-state index in [1.807, 2.05) is 66.7 Å². The molecule has 0 radical (unpaired) electrons. The normalized spacial score (nSPS) is 12.0. The van der Waals surface area contributed by atoms with Gasteiger partial charge >= 0.3 is 5.97 Å². The van der Waals surface area contributed by atoms with E-state index in [0.717, 1.165) is 21.2 Å². The number of carboxylic acids is 1. The molecule has 0 bridgehead atoms. The number of nitrogens with one attached hydrogen (secondary N) is 1. The van der Waals surface area contributed by atoms with E-state index < -0.39 is 17.9 Å². The number of halogens is 1. The molecule has 0 aliphatic heterocycles. The zero-order valence-electron chi connectivity index (χ0n) is 22.3. The van der Waals surface area contributed by atoms with Crippen LogP contribution in [0.4, 0.5) is 0 Å². The summed E-state index contributed by atoms with van der Waals surface area (Å²) in [5.74, 6) is -0.993. The summed E-state index contributed by atoms with van der Waals surface area (Å²) in [4.78, 5) is 25.1. The molecule has 0 aliphatic rings. The fourth-order valence-corrected chi connectivity index (χ4v) is 4.61. The lowest BCUT2D eigenvalue weighted by atomic mass is 9.87. The van der Waals surface area contributed by atoms with E-state index in [1.165, 1.54) is 5.56 Å². The molecule has 2 N–H and O–H groups in total. The van der Waals surface area contributed by atoms with Gasteiger partial charge in [0, 0.05) is 4.47 Å². The van der Waals surface area contributed by atoms with Crippen molar-refractivity contribution in [3.63, 3.8) is 0 Å². The molecule has 0 spiro atoms. The smallest absolute Gasteiger partial charge is 0.305 e. The van der Waals surface area contributed by atoms with Crippen molar-refractivity contribution in [2.75, 3.05) is 0 Å². The van der Waals surface area contributed by atoms with Crippen molar-refractivity contribution in [2.24, 2.45) is 0 Å². The molecule has 0 aromatic heterocycles. The van der Waals surface area contributed by atoms with Gasteiger partial charge < -0.3 is 15.2 Å². The Morgan fingerprint density at radius 1 is 0.872 bits per heavy atom. The van der Waals surface area contributed by atoms with Gasteiger partial charge in [0.25, 0.3) is 5.91 Å². The second-order valence-corrected chi connectivity index (χ2v) is 11.4. The van der Waals surface area contributed by atoms with Gasteiger partial charge in [-0.15, -0.1) is 0 Å². The minimum absolute atomic E-state index is 0.0588. The molecule has 0 saturated heterocycles. The third kappa shape index (κ3) is 7.58. The quantitative estimate of drug-likeness (QED) is 0.209. The first kappa shape index (κ1) is 28.1. The average molecular weight is 587 g/mol. The topological polar surface area (TPSA) is 75.6 Å². The Labute approximate surface area is 238 Å². The van der Waals surface area contributed by atoms with Crippen LogP contribution in [0.15, 0.2) is 102 Å². The first-order chi connectivity index (χ1) is 18.6. The highest BCUT2D eigenvalue weighted by molar-refractivity contribution is 9.10.